The Kier molecular flexibility index (Phi) is 6.09. The van der Waals surface area contributed by atoms with E-state index in [-0.39, 0.29) is 6.42 Å². The van der Waals surface area contributed by atoms with Crippen molar-refractivity contribution in [2.24, 2.45) is 0 Å². The maximum Gasteiger partial charge on any atom is 0.303 e. The van der Waals surface area contributed by atoms with E-state index in [0.717, 1.165) is 43.3 Å². The minimum Gasteiger partial charge on any atom is -0.497 e. The molecule has 31 heavy (non-hydrogen) atoms. The van der Waals surface area contributed by atoms with Crippen LogP contribution in [0.25, 0.3) is 20.5 Å². The van der Waals surface area contributed by atoms with Crippen LogP contribution >= 0.6 is 11.3 Å². The second-order valence-electron chi connectivity index (χ2n) is 6.99. The lowest BCUT2D eigenvalue weighted by atomic mass is 10.1. The molecule has 0 aliphatic carbocycles. The molecule has 0 spiro atoms. The van der Waals surface area contributed by atoms with Gasteiger partial charge in [-0.3, -0.25) is 4.79 Å². The first kappa shape index (κ1) is 20.8. The van der Waals surface area contributed by atoms with Crippen LogP contribution in [0, 0.1) is 0 Å². The third-order valence-corrected chi connectivity index (χ3v) is 6.16. The van der Waals surface area contributed by atoms with Gasteiger partial charge in [0.25, 0.3) is 0 Å². The Hall–Kier alpha value is -3.51. The summed E-state index contributed by atoms with van der Waals surface area (Å²) in [6, 6.07) is 21.4. The summed E-state index contributed by atoms with van der Waals surface area (Å²) in [7, 11) is 3.30. The quantitative estimate of drug-likeness (QED) is 0.348. The molecule has 0 bridgehead atoms. The first-order valence-electron chi connectivity index (χ1n) is 9.81. The summed E-state index contributed by atoms with van der Waals surface area (Å²) in [5.74, 6) is 2.27. The number of aliphatic carboxylic acids is 1. The van der Waals surface area contributed by atoms with Gasteiger partial charge in [-0.05, 0) is 72.1 Å². The molecule has 0 unspecified atom stereocenters. The van der Waals surface area contributed by atoms with Crippen molar-refractivity contribution < 1.29 is 24.1 Å². The number of aryl methyl sites for hydroxylation is 1. The Bertz CT molecular complexity index is 1190. The SMILES string of the molecule is COc1ccc(-c2sc3cc(OC)ccc3c2Oc2ccc(CCC(=O)O)cc2)cc1. The van der Waals surface area contributed by atoms with E-state index >= 15 is 0 Å². The van der Waals surface area contributed by atoms with E-state index in [9.17, 15) is 4.79 Å². The zero-order chi connectivity index (χ0) is 21.8. The van der Waals surface area contributed by atoms with Crippen molar-refractivity contribution in [3.63, 3.8) is 0 Å². The van der Waals surface area contributed by atoms with Gasteiger partial charge in [-0.15, -0.1) is 11.3 Å². The van der Waals surface area contributed by atoms with Gasteiger partial charge in [-0.2, -0.15) is 0 Å². The molecule has 3 aromatic carbocycles. The highest BCUT2D eigenvalue weighted by Gasteiger charge is 2.17. The zero-order valence-corrected chi connectivity index (χ0v) is 18.1. The number of fused-ring (bicyclic) bond motifs is 1. The van der Waals surface area contributed by atoms with Crippen LogP contribution in [0.4, 0.5) is 0 Å². The Morgan fingerprint density at radius 1 is 0.871 bits per heavy atom. The van der Waals surface area contributed by atoms with Gasteiger partial charge in [0.1, 0.15) is 17.2 Å². The van der Waals surface area contributed by atoms with Gasteiger partial charge in [-0.25, -0.2) is 0 Å². The fraction of sp³-hybridized carbons (Fsp3) is 0.160. The van der Waals surface area contributed by atoms with Crippen LogP contribution in [0.2, 0.25) is 0 Å². The van der Waals surface area contributed by atoms with E-state index in [1.54, 1.807) is 25.6 Å². The molecule has 0 saturated carbocycles. The molecule has 5 nitrogen and oxygen atoms in total. The van der Waals surface area contributed by atoms with Crippen LogP contribution < -0.4 is 14.2 Å². The van der Waals surface area contributed by atoms with Gasteiger partial charge in [0.2, 0.25) is 0 Å². The highest BCUT2D eigenvalue weighted by molar-refractivity contribution is 7.22. The molecule has 0 radical (unpaired) electrons. The van der Waals surface area contributed by atoms with Crippen LogP contribution in [-0.4, -0.2) is 25.3 Å². The van der Waals surface area contributed by atoms with Crippen LogP contribution in [0.5, 0.6) is 23.0 Å². The molecular formula is C25H22O5S. The van der Waals surface area contributed by atoms with Gasteiger partial charge < -0.3 is 19.3 Å². The Labute approximate surface area is 184 Å². The molecule has 1 N–H and O–H groups in total. The van der Waals surface area contributed by atoms with Gasteiger partial charge in [-0.1, -0.05) is 12.1 Å². The topological polar surface area (TPSA) is 65.0 Å². The normalized spacial score (nSPS) is 10.8. The number of carboxylic acid groups (broad SMARTS) is 1. The average Bonchev–Trinajstić information content (AvgIpc) is 3.16. The van der Waals surface area contributed by atoms with Crippen molar-refractivity contribution in [1.82, 2.24) is 0 Å². The number of methoxy groups -OCH3 is 2. The molecule has 0 amide bonds. The average molecular weight is 435 g/mol. The molecule has 158 valence electrons. The molecule has 1 heterocycles. The van der Waals surface area contributed by atoms with Crippen LogP contribution in [0.3, 0.4) is 0 Å². The second kappa shape index (κ2) is 9.10. The molecule has 0 aliphatic heterocycles. The van der Waals surface area contributed by atoms with E-state index in [1.807, 2.05) is 66.7 Å². The summed E-state index contributed by atoms with van der Waals surface area (Å²) in [4.78, 5) is 11.8. The van der Waals surface area contributed by atoms with Crippen LogP contribution in [0.15, 0.2) is 66.7 Å². The fourth-order valence-electron chi connectivity index (χ4n) is 3.31. The lowest BCUT2D eigenvalue weighted by molar-refractivity contribution is -0.136. The summed E-state index contributed by atoms with van der Waals surface area (Å²) >= 11 is 1.64. The fourth-order valence-corrected chi connectivity index (χ4v) is 4.47. The minimum absolute atomic E-state index is 0.110. The summed E-state index contributed by atoms with van der Waals surface area (Å²) in [6.45, 7) is 0. The minimum atomic E-state index is -0.801. The smallest absolute Gasteiger partial charge is 0.303 e. The Morgan fingerprint density at radius 3 is 2.16 bits per heavy atom. The van der Waals surface area contributed by atoms with Gasteiger partial charge >= 0.3 is 5.97 Å². The van der Waals surface area contributed by atoms with Crippen LogP contribution in [-0.2, 0) is 11.2 Å². The van der Waals surface area contributed by atoms with Crippen molar-refractivity contribution >= 4 is 27.4 Å². The first-order chi connectivity index (χ1) is 15.1. The van der Waals surface area contributed by atoms with Gasteiger partial charge in [0.15, 0.2) is 5.75 Å². The third kappa shape index (κ3) is 4.64. The molecule has 0 aliphatic rings. The molecule has 6 heteroatoms. The van der Waals surface area contributed by atoms with E-state index in [1.165, 1.54) is 0 Å². The number of benzene rings is 3. The van der Waals surface area contributed by atoms with Crippen LogP contribution in [0.1, 0.15) is 12.0 Å². The lowest BCUT2D eigenvalue weighted by Crippen LogP contribution is -1.97. The summed E-state index contributed by atoms with van der Waals surface area (Å²) in [6.07, 6.45) is 0.604. The zero-order valence-electron chi connectivity index (χ0n) is 17.3. The van der Waals surface area contributed by atoms with Gasteiger partial charge in [0.05, 0.1) is 19.1 Å². The number of ether oxygens (including phenoxy) is 3. The molecule has 4 rings (SSSR count). The molecular weight excluding hydrogens is 412 g/mol. The largest absolute Gasteiger partial charge is 0.497 e. The van der Waals surface area contributed by atoms with E-state index in [4.69, 9.17) is 19.3 Å². The van der Waals surface area contributed by atoms with Gasteiger partial charge in [0, 0.05) is 16.5 Å². The number of hydrogen-bond donors (Lipinski definition) is 1. The maximum absolute atomic E-state index is 10.8. The Balaban J connectivity index is 1.71. The first-order valence-corrected chi connectivity index (χ1v) is 10.6. The summed E-state index contributed by atoms with van der Waals surface area (Å²) in [5, 5.41) is 9.88. The van der Waals surface area contributed by atoms with Crippen molar-refractivity contribution in [3.8, 4) is 33.4 Å². The molecule has 0 saturated heterocycles. The van der Waals surface area contributed by atoms with Crippen molar-refractivity contribution in [3.05, 3.63) is 72.3 Å². The predicted octanol–water partition coefficient (Wildman–Crippen LogP) is 6.40. The molecule has 0 fully saturated rings. The third-order valence-electron chi connectivity index (χ3n) is 4.97. The second-order valence-corrected chi connectivity index (χ2v) is 8.04. The number of carboxylic acids is 1. The predicted molar refractivity (Wildman–Crippen MR) is 123 cm³/mol. The monoisotopic (exact) mass is 434 g/mol. The van der Waals surface area contributed by atoms with Crippen molar-refractivity contribution in [2.75, 3.05) is 14.2 Å². The number of rotatable bonds is 8. The maximum atomic E-state index is 10.8. The van der Waals surface area contributed by atoms with E-state index in [2.05, 4.69) is 0 Å². The highest BCUT2D eigenvalue weighted by Crippen LogP contribution is 2.47. The summed E-state index contributed by atoms with van der Waals surface area (Å²) < 4.78 is 18.1. The van der Waals surface area contributed by atoms with E-state index < -0.39 is 5.97 Å². The van der Waals surface area contributed by atoms with Crippen molar-refractivity contribution in [2.45, 2.75) is 12.8 Å². The molecule has 0 atom stereocenters. The molecule has 4 aromatic rings. The van der Waals surface area contributed by atoms with E-state index in [0.29, 0.717) is 12.2 Å². The summed E-state index contributed by atoms with van der Waals surface area (Å²) in [5.41, 5.74) is 2.00. The van der Waals surface area contributed by atoms with Crippen molar-refractivity contribution in [1.29, 1.82) is 0 Å². The number of thiophene rings is 1. The lowest BCUT2D eigenvalue weighted by Gasteiger charge is -2.10. The number of carbonyl (C=O) groups is 1. The highest BCUT2D eigenvalue weighted by atomic mass is 32.1. The molecule has 1 aromatic heterocycles. The number of hydrogen-bond acceptors (Lipinski definition) is 5. The standard InChI is InChI=1S/C25H22O5S/c1-28-18-10-6-17(7-11-18)25-24(21-13-12-20(29-2)15-22(21)31-25)30-19-8-3-16(4-9-19)5-14-23(26)27/h3-4,6-13,15H,5,14H2,1-2H3,(H,26,27). The Morgan fingerprint density at radius 2 is 1.52 bits per heavy atom.